The zero-order valence-corrected chi connectivity index (χ0v) is 14.4. The van der Waals surface area contributed by atoms with Crippen LogP contribution in [0.1, 0.15) is 94.9 Å². The number of rotatable bonds is 13. The summed E-state index contributed by atoms with van der Waals surface area (Å²) in [7, 11) is 2.04. The Hall–Kier alpha value is -0.760. The molecule has 1 N–H and O–H groups in total. The van der Waals surface area contributed by atoms with Crippen LogP contribution in [0.15, 0.2) is 16.7 Å². The molecule has 122 valence electrons. The van der Waals surface area contributed by atoms with Gasteiger partial charge in [0.1, 0.15) is 5.76 Å². The summed E-state index contributed by atoms with van der Waals surface area (Å²) in [4.78, 5) is 0. The van der Waals surface area contributed by atoms with Crippen LogP contribution in [0.4, 0.5) is 0 Å². The maximum Gasteiger partial charge on any atom is 0.101 e. The molecule has 0 aliphatic rings. The third-order valence-electron chi connectivity index (χ3n) is 4.35. The number of hydrogen-bond acceptors (Lipinski definition) is 2. The first kappa shape index (κ1) is 18.3. The molecule has 1 aromatic rings. The predicted octanol–water partition coefficient (Wildman–Crippen LogP) is 6.16. The van der Waals surface area contributed by atoms with Gasteiger partial charge in [0, 0.05) is 11.6 Å². The lowest BCUT2D eigenvalue weighted by atomic mass is 10.0. The van der Waals surface area contributed by atoms with E-state index in [2.05, 4.69) is 18.3 Å². The van der Waals surface area contributed by atoms with E-state index in [0.29, 0.717) is 6.04 Å². The summed E-state index contributed by atoms with van der Waals surface area (Å²) in [5.41, 5.74) is 1.30. The second-order valence-electron chi connectivity index (χ2n) is 6.30. The Labute approximate surface area is 131 Å². The van der Waals surface area contributed by atoms with Crippen LogP contribution in [-0.2, 0) is 0 Å². The Morgan fingerprint density at radius 3 is 2.00 bits per heavy atom. The molecule has 2 heteroatoms. The Bertz CT molecular complexity index is 345. The molecule has 1 atom stereocenters. The Morgan fingerprint density at radius 1 is 0.952 bits per heavy atom. The van der Waals surface area contributed by atoms with Gasteiger partial charge in [0.25, 0.3) is 0 Å². The van der Waals surface area contributed by atoms with Gasteiger partial charge in [0.2, 0.25) is 0 Å². The number of unbranched alkanes of at least 4 members (excludes halogenated alkanes) is 9. The minimum atomic E-state index is 0.455. The van der Waals surface area contributed by atoms with E-state index in [1.54, 1.807) is 0 Å². The van der Waals surface area contributed by atoms with Crippen molar-refractivity contribution in [3.8, 4) is 0 Å². The zero-order chi connectivity index (χ0) is 15.3. The van der Waals surface area contributed by atoms with Gasteiger partial charge in [-0.15, -0.1) is 0 Å². The second-order valence-corrected chi connectivity index (χ2v) is 6.30. The molecule has 1 unspecified atom stereocenters. The summed E-state index contributed by atoms with van der Waals surface area (Å²) in [6.07, 6.45) is 17.1. The fourth-order valence-electron chi connectivity index (χ4n) is 2.96. The van der Waals surface area contributed by atoms with E-state index in [9.17, 15) is 0 Å². The second kappa shape index (κ2) is 11.9. The molecule has 0 saturated heterocycles. The van der Waals surface area contributed by atoms with Crippen LogP contribution >= 0.6 is 0 Å². The van der Waals surface area contributed by atoms with Crippen LogP contribution in [0.3, 0.4) is 0 Å². The van der Waals surface area contributed by atoms with E-state index >= 15 is 0 Å². The van der Waals surface area contributed by atoms with Gasteiger partial charge in [-0.1, -0.05) is 71.1 Å². The topological polar surface area (TPSA) is 25.2 Å². The monoisotopic (exact) mass is 293 g/mol. The molecule has 0 amide bonds. The highest BCUT2D eigenvalue weighted by Crippen LogP contribution is 2.22. The maximum absolute atomic E-state index is 5.41. The van der Waals surface area contributed by atoms with Crippen LogP contribution in [0.2, 0.25) is 0 Å². The van der Waals surface area contributed by atoms with E-state index in [-0.39, 0.29) is 0 Å². The SMILES string of the molecule is CCCCCCCCCCCCC(NC)c1coc(C)c1. The Kier molecular flexibility index (Phi) is 10.3. The normalized spacial score (nSPS) is 12.7. The third-order valence-corrected chi connectivity index (χ3v) is 4.35. The van der Waals surface area contributed by atoms with Crippen molar-refractivity contribution >= 4 is 0 Å². The molecule has 0 saturated carbocycles. The fourth-order valence-corrected chi connectivity index (χ4v) is 2.96. The number of aryl methyl sites for hydroxylation is 1. The fraction of sp³-hybridized carbons (Fsp3) is 0.789. The number of nitrogens with one attached hydrogen (secondary N) is 1. The Morgan fingerprint density at radius 2 is 1.52 bits per heavy atom. The van der Waals surface area contributed by atoms with Crippen molar-refractivity contribution in [3.05, 3.63) is 23.7 Å². The minimum Gasteiger partial charge on any atom is -0.469 e. The zero-order valence-electron chi connectivity index (χ0n) is 14.4. The summed E-state index contributed by atoms with van der Waals surface area (Å²) >= 11 is 0. The first-order chi connectivity index (χ1) is 10.3. The maximum atomic E-state index is 5.41. The van der Waals surface area contributed by atoms with E-state index in [1.165, 1.54) is 76.2 Å². The first-order valence-electron chi connectivity index (χ1n) is 9.00. The number of furan rings is 1. The Balaban J connectivity index is 1.98. The molecule has 0 aliphatic heterocycles. The average Bonchev–Trinajstić information content (AvgIpc) is 2.91. The van der Waals surface area contributed by atoms with Crippen LogP contribution < -0.4 is 5.32 Å². The van der Waals surface area contributed by atoms with Crippen LogP contribution in [0.25, 0.3) is 0 Å². The highest BCUT2D eigenvalue weighted by atomic mass is 16.3. The lowest BCUT2D eigenvalue weighted by Gasteiger charge is -2.13. The van der Waals surface area contributed by atoms with Gasteiger partial charge >= 0.3 is 0 Å². The van der Waals surface area contributed by atoms with Crippen molar-refractivity contribution in [1.82, 2.24) is 5.32 Å². The quantitative estimate of drug-likeness (QED) is 0.441. The summed E-state index contributed by atoms with van der Waals surface area (Å²) in [6.45, 7) is 4.29. The lowest BCUT2D eigenvalue weighted by molar-refractivity contribution is 0.482. The number of hydrogen-bond donors (Lipinski definition) is 1. The van der Waals surface area contributed by atoms with Crippen molar-refractivity contribution in [2.75, 3.05) is 7.05 Å². The highest BCUT2D eigenvalue weighted by Gasteiger charge is 2.10. The summed E-state index contributed by atoms with van der Waals surface area (Å²) < 4.78 is 5.41. The predicted molar refractivity (Wildman–Crippen MR) is 91.7 cm³/mol. The van der Waals surface area contributed by atoms with E-state index in [4.69, 9.17) is 4.42 Å². The van der Waals surface area contributed by atoms with Crippen molar-refractivity contribution in [2.24, 2.45) is 0 Å². The van der Waals surface area contributed by atoms with Gasteiger partial charge in [-0.05, 0) is 26.5 Å². The van der Waals surface area contributed by atoms with E-state index < -0.39 is 0 Å². The first-order valence-corrected chi connectivity index (χ1v) is 9.00. The molecular weight excluding hydrogens is 258 g/mol. The standard InChI is InChI=1S/C19H35NO/c1-4-5-6-7-8-9-10-11-12-13-14-19(20-3)18-15-17(2)21-16-18/h15-16,19-20H,4-14H2,1-3H3. The molecular formula is C19H35NO. The van der Waals surface area contributed by atoms with Gasteiger partial charge in [-0.2, -0.15) is 0 Å². The molecule has 0 spiro atoms. The summed E-state index contributed by atoms with van der Waals surface area (Å²) in [6, 6.07) is 2.61. The van der Waals surface area contributed by atoms with Crippen molar-refractivity contribution < 1.29 is 4.42 Å². The van der Waals surface area contributed by atoms with Crippen LogP contribution in [0, 0.1) is 6.92 Å². The minimum absolute atomic E-state index is 0.455. The smallest absolute Gasteiger partial charge is 0.101 e. The van der Waals surface area contributed by atoms with Crippen molar-refractivity contribution in [2.45, 2.75) is 90.5 Å². The molecule has 0 bridgehead atoms. The van der Waals surface area contributed by atoms with Gasteiger partial charge in [-0.25, -0.2) is 0 Å². The summed E-state index contributed by atoms with van der Waals surface area (Å²) in [5, 5.41) is 3.40. The van der Waals surface area contributed by atoms with Gasteiger partial charge in [0.15, 0.2) is 0 Å². The molecule has 0 radical (unpaired) electrons. The van der Waals surface area contributed by atoms with Gasteiger partial charge in [-0.3, -0.25) is 0 Å². The van der Waals surface area contributed by atoms with Gasteiger partial charge in [0.05, 0.1) is 6.26 Å². The molecule has 0 fully saturated rings. The molecule has 0 aliphatic carbocycles. The average molecular weight is 293 g/mol. The van der Waals surface area contributed by atoms with Crippen molar-refractivity contribution in [1.29, 1.82) is 0 Å². The molecule has 1 aromatic heterocycles. The van der Waals surface area contributed by atoms with Gasteiger partial charge < -0.3 is 9.73 Å². The van der Waals surface area contributed by atoms with Crippen molar-refractivity contribution in [3.63, 3.8) is 0 Å². The molecule has 1 rings (SSSR count). The molecule has 0 aromatic carbocycles. The lowest BCUT2D eigenvalue weighted by Crippen LogP contribution is -2.15. The van der Waals surface area contributed by atoms with E-state index in [0.717, 1.165) is 5.76 Å². The molecule has 2 nitrogen and oxygen atoms in total. The van der Waals surface area contributed by atoms with E-state index in [1.807, 2.05) is 20.2 Å². The van der Waals surface area contributed by atoms with Crippen LogP contribution in [-0.4, -0.2) is 7.05 Å². The summed E-state index contributed by atoms with van der Waals surface area (Å²) in [5.74, 6) is 1.01. The highest BCUT2D eigenvalue weighted by molar-refractivity contribution is 5.16. The molecule has 21 heavy (non-hydrogen) atoms. The van der Waals surface area contributed by atoms with Crippen LogP contribution in [0.5, 0.6) is 0 Å². The largest absolute Gasteiger partial charge is 0.469 e. The molecule has 1 heterocycles. The third kappa shape index (κ3) is 8.31.